The molecule has 0 atom stereocenters. The molecule has 50 heavy (non-hydrogen) atoms. The fourth-order valence-corrected chi connectivity index (χ4v) is 8.20. The lowest BCUT2D eigenvalue weighted by molar-refractivity contribution is 1.30. The van der Waals surface area contributed by atoms with Crippen molar-refractivity contribution in [2.75, 3.05) is 0 Å². The Hall–Kier alpha value is -6.22. The summed E-state index contributed by atoms with van der Waals surface area (Å²) in [5, 5.41) is 2.54. The Kier molecular flexibility index (Phi) is 7.77. The van der Waals surface area contributed by atoms with E-state index in [0.29, 0.717) is 0 Å². The molecule has 0 N–H and O–H groups in total. The van der Waals surface area contributed by atoms with Crippen molar-refractivity contribution in [2.45, 2.75) is 0 Å². The summed E-state index contributed by atoms with van der Waals surface area (Å²) in [7, 11) is 0. The zero-order valence-electron chi connectivity index (χ0n) is 27.4. The molecule has 7 aromatic carbocycles. The van der Waals surface area contributed by atoms with Crippen molar-refractivity contribution < 1.29 is 0 Å². The lowest BCUT2D eigenvalue weighted by atomic mass is 9.80. The van der Waals surface area contributed by atoms with Gasteiger partial charge in [-0.15, -0.1) is 11.3 Å². The third kappa shape index (κ3) is 5.37. The highest BCUT2D eigenvalue weighted by Gasteiger charge is 2.24. The number of hydrogen-bond acceptors (Lipinski definition) is 1. The van der Waals surface area contributed by atoms with Crippen LogP contribution in [-0.2, 0) is 0 Å². The molecule has 0 bridgehead atoms. The minimum absolute atomic E-state index is 1.20. The van der Waals surface area contributed by atoms with Gasteiger partial charge in [0.1, 0.15) is 0 Å². The molecule has 0 unspecified atom stereocenters. The summed E-state index contributed by atoms with van der Waals surface area (Å²) < 4.78 is 2.31. The van der Waals surface area contributed by atoms with Gasteiger partial charge >= 0.3 is 0 Å². The van der Waals surface area contributed by atoms with Crippen LogP contribution in [0.5, 0.6) is 0 Å². The first-order chi connectivity index (χ1) is 24.8. The van der Waals surface area contributed by atoms with Crippen LogP contribution in [0.3, 0.4) is 0 Å². The van der Waals surface area contributed by atoms with E-state index in [1.54, 1.807) is 0 Å². The fourth-order valence-electron chi connectivity index (χ4n) is 7.27. The van der Waals surface area contributed by atoms with Crippen molar-refractivity contribution >= 4 is 45.4 Å². The largest absolute Gasteiger partial charge is 0.316 e. The topological polar surface area (TPSA) is 4.93 Å². The number of aromatic nitrogens is 1. The average molecular weight is 656 g/mol. The zero-order chi connectivity index (χ0) is 33.3. The number of thiophene rings is 1. The second kappa shape index (κ2) is 13.0. The molecular weight excluding hydrogens is 623 g/mol. The maximum absolute atomic E-state index is 2.43. The molecule has 2 heterocycles. The Balaban J connectivity index is 1.29. The summed E-state index contributed by atoms with van der Waals surface area (Å²) in [6.45, 7) is 0. The summed E-state index contributed by atoms with van der Waals surface area (Å²) in [6.07, 6.45) is 4.48. The highest BCUT2D eigenvalue weighted by Crippen LogP contribution is 2.51. The van der Waals surface area contributed by atoms with Gasteiger partial charge in [-0.2, -0.15) is 0 Å². The molecule has 0 fully saturated rings. The first-order valence-corrected chi connectivity index (χ1v) is 17.8. The Bertz CT molecular complexity index is 2560. The number of fused-ring (bicyclic) bond motifs is 3. The standard InChI is InChI=1S/C48H33NS/c1-5-17-34(18-6-1)41-33-42(45-30-29-38(50-45)31-32-49-43-27-15-13-25-39(43)40-26-14-16-28-44(40)49)47(36-21-9-3-10-22-36)48(37-23-11-4-12-24-37)46(41)35-19-7-2-8-20-35/h1-33H/b32-31+. The predicted octanol–water partition coefficient (Wildman–Crippen LogP) is 13.8. The van der Waals surface area contributed by atoms with Gasteiger partial charge in [-0.3, -0.25) is 0 Å². The van der Waals surface area contributed by atoms with Crippen LogP contribution in [0.4, 0.5) is 0 Å². The molecular formula is C48H33NS. The molecule has 0 amide bonds. The van der Waals surface area contributed by atoms with Crippen molar-refractivity contribution in [3.63, 3.8) is 0 Å². The van der Waals surface area contributed by atoms with Crippen LogP contribution in [0.15, 0.2) is 188 Å². The SMILES string of the molecule is C(=C\n1c2ccccc2c2ccccc21)/c1ccc(-c2cc(-c3ccccc3)c(-c3ccccc3)c(-c3ccccc3)c2-c2ccccc2)s1. The zero-order valence-corrected chi connectivity index (χ0v) is 28.2. The van der Waals surface area contributed by atoms with Crippen molar-refractivity contribution in [2.24, 2.45) is 0 Å². The van der Waals surface area contributed by atoms with E-state index in [1.165, 1.54) is 81.6 Å². The van der Waals surface area contributed by atoms with Crippen LogP contribution in [0.1, 0.15) is 4.88 Å². The highest BCUT2D eigenvalue weighted by atomic mass is 32.1. The molecule has 1 nitrogen and oxygen atoms in total. The maximum Gasteiger partial charge on any atom is 0.0534 e. The molecule has 0 radical (unpaired) electrons. The monoisotopic (exact) mass is 655 g/mol. The molecule has 0 aliphatic heterocycles. The normalized spacial score (nSPS) is 11.5. The smallest absolute Gasteiger partial charge is 0.0534 e. The van der Waals surface area contributed by atoms with Crippen molar-refractivity contribution in [3.05, 3.63) is 193 Å². The third-order valence-electron chi connectivity index (χ3n) is 9.50. The fraction of sp³-hybridized carbons (Fsp3) is 0. The maximum atomic E-state index is 2.43. The highest BCUT2D eigenvalue weighted by molar-refractivity contribution is 7.16. The lowest BCUT2D eigenvalue weighted by Gasteiger charge is -2.24. The second-order valence-electron chi connectivity index (χ2n) is 12.5. The Morgan fingerprint density at radius 2 is 0.820 bits per heavy atom. The number of rotatable bonds is 7. The van der Waals surface area contributed by atoms with E-state index in [4.69, 9.17) is 0 Å². The van der Waals surface area contributed by atoms with Crippen LogP contribution >= 0.6 is 11.3 Å². The molecule has 9 rings (SSSR count). The van der Waals surface area contributed by atoms with Crippen molar-refractivity contribution in [1.29, 1.82) is 0 Å². The number of nitrogens with zero attached hydrogens (tertiary/aromatic N) is 1. The van der Waals surface area contributed by atoms with E-state index >= 15 is 0 Å². The average Bonchev–Trinajstić information content (AvgIpc) is 3.80. The number of benzene rings is 7. The predicted molar refractivity (Wildman–Crippen MR) is 216 cm³/mol. The summed E-state index contributed by atoms with van der Waals surface area (Å²) in [4.78, 5) is 2.44. The molecule has 0 aliphatic carbocycles. The van der Waals surface area contributed by atoms with Gasteiger partial charge in [-0.25, -0.2) is 0 Å². The van der Waals surface area contributed by atoms with E-state index in [9.17, 15) is 0 Å². The summed E-state index contributed by atoms with van der Waals surface area (Å²) in [5.74, 6) is 0. The van der Waals surface area contributed by atoms with Gasteiger partial charge in [0, 0.05) is 32.3 Å². The lowest BCUT2D eigenvalue weighted by Crippen LogP contribution is -1.97. The van der Waals surface area contributed by atoms with E-state index in [-0.39, 0.29) is 0 Å². The third-order valence-corrected chi connectivity index (χ3v) is 10.6. The summed E-state index contributed by atoms with van der Waals surface area (Å²) >= 11 is 1.84. The van der Waals surface area contributed by atoms with Gasteiger partial charge < -0.3 is 4.57 Å². The quantitative estimate of drug-likeness (QED) is 0.161. The van der Waals surface area contributed by atoms with E-state index < -0.39 is 0 Å². The van der Waals surface area contributed by atoms with Gasteiger partial charge in [0.05, 0.1) is 11.0 Å². The van der Waals surface area contributed by atoms with Crippen LogP contribution in [0.2, 0.25) is 0 Å². The Morgan fingerprint density at radius 1 is 0.380 bits per heavy atom. The minimum Gasteiger partial charge on any atom is -0.316 e. The van der Waals surface area contributed by atoms with Gasteiger partial charge in [0.25, 0.3) is 0 Å². The molecule has 236 valence electrons. The van der Waals surface area contributed by atoms with E-state index in [2.05, 4.69) is 205 Å². The van der Waals surface area contributed by atoms with E-state index in [0.717, 1.165) is 0 Å². The molecule has 0 saturated heterocycles. The summed E-state index contributed by atoms with van der Waals surface area (Å²) in [5.41, 5.74) is 13.4. The number of para-hydroxylation sites is 2. The van der Waals surface area contributed by atoms with Crippen LogP contribution in [0, 0.1) is 0 Å². The van der Waals surface area contributed by atoms with Gasteiger partial charge in [0.2, 0.25) is 0 Å². The van der Waals surface area contributed by atoms with E-state index in [1.807, 2.05) is 11.3 Å². The van der Waals surface area contributed by atoms with Gasteiger partial charge in [-0.05, 0) is 80.9 Å². The first kappa shape index (κ1) is 29.9. The van der Waals surface area contributed by atoms with Crippen molar-refractivity contribution in [1.82, 2.24) is 4.57 Å². The molecule has 0 saturated carbocycles. The van der Waals surface area contributed by atoms with Crippen molar-refractivity contribution in [3.8, 4) is 54.9 Å². The van der Waals surface area contributed by atoms with Gasteiger partial charge in [0.15, 0.2) is 0 Å². The molecule has 2 heteroatoms. The second-order valence-corrected chi connectivity index (χ2v) is 13.6. The number of hydrogen-bond donors (Lipinski definition) is 0. The van der Waals surface area contributed by atoms with Crippen LogP contribution in [0.25, 0.3) is 89.0 Å². The van der Waals surface area contributed by atoms with Gasteiger partial charge in [-0.1, -0.05) is 158 Å². The Morgan fingerprint density at radius 3 is 1.36 bits per heavy atom. The van der Waals surface area contributed by atoms with Crippen LogP contribution < -0.4 is 0 Å². The molecule has 9 aromatic rings. The summed E-state index contributed by atoms with van der Waals surface area (Å²) in [6, 6.07) is 67.8. The minimum atomic E-state index is 1.20. The first-order valence-electron chi connectivity index (χ1n) is 17.0. The Labute approximate surface area is 296 Å². The molecule has 2 aromatic heterocycles. The molecule has 0 aliphatic rings. The van der Waals surface area contributed by atoms with Crippen LogP contribution in [-0.4, -0.2) is 4.57 Å². The molecule has 0 spiro atoms.